The molecule has 8 nitrogen and oxygen atoms in total. The molecule has 0 atom stereocenters. The summed E-state index contributed by atoms with van der Waals surface area (Å²) < 4.78 is 0. The fourth-order valence-electron chi connectivity index (χ4n) is 2.48. The molecule has 1 aliphatic heterocycles. The zero-order valence-corrected chi connectivity index (χ0v) is 12.6. The minimum atomic E-state index is -0.485. The third kappa shape index (κ3) is 3.57. The zero-order chi connectivity index (χ0) is 15.6. The maximum atomic E-state index is 11.2. The first-order valence-corrected chi connectivity index (χ1v) is 6.97. The molecule has 0 spiro atoms. The van der Waals surface area contributed by atoms with E-state index in [1.54, 1.807) is 6.92 Å². The van der Waals surface area contributed by atoms with E-state index in [1.165, 1.54) is 6.92 Å². The normalized spacial score (nSPS) is 15.9. The zero-order valence-electron chi connectivity index (χ0n) is 11.8. The highest BCUT2D eigenvalue weighted by Gasteiger charge is 2.29. The molecule has 1 saturated heterocycles. The van der Waals surface area contributed by atoms with Gasteiger partial charge in [-0.15, -0.1) is 0 Å². The van der Waals surface area contributed by atoms with Gasteiger partial charge in [-0.2, -0.15) is 4.98 Å². The van der Waals surface area contributed by atoms with Crippen molar-refractivity contribution in [2.24, 2.45) is 0 Å². The Hall–Kier alpha value is -1.96. The fourth-order valence-corrected chi connectivity index (χ4v) is 2.68. The standard InChI is InChI=1S/C12H16ClN5O3/c1-7-10(18(20)21)11(16-12(13)14-7)17-5-3-9(4-6-17)15-8(2)19/h9H,3-6H2,1-2H3,(H,15,19). The molecule has 1 aromatic rings. The van der Waals surface area contributed by atoms with Gasteiger partial charge in [0.1, 0.15) is 5.69 Å². The Morgan fingerprint density at radius 1 is 1.43 bits per heavy atom. The number of carbonyl (C=O) groups excluding carboxylic acids is 1. The first kappa shape index (κ1) is 15.4. The van der Waals surface area contributed by atoms with E-state index in [9.17, 15) is 14.9 Å². The third-order valence-electron chi connectivity index (χ3n) is 3.40. The Morgan fingerprint density at radius 3 is 2.57 bits per heavy atom. The quantitative estimate of drug-likeness (QED) is 0.515. The van der Waals surface area contributed by atoms with Crippen LogP contribution in [0.25, 0.3) is 0 Å². The van der Waals surface area contributed by atoms with Crippen molar-refractivity contribution in [3.63, 3.8) is 0 Å². The number of carbonyl (C=O) groups is 1. The molecular weight excluding hydrogens is 298 g/mol. The highest BCUT2D eigenvalue weighted by atomic mass is 35.5. The van der Waals surface area contributed by atoms with Crippen LogP contribution in [0.1, 0.15) is 25.5 Å². The monoisotopic (exact) mass is 313 g/mol. The molecule has 0 aromatic carbocycles. The summed E-state index contributed by atoms with van der Waals surface area (Å²) in [5.41, 5.74) is 0.136. The number of nitro groups is 1. The number of hydrogen-bond donors (Lipinski definition) is 1. The lowest BCUT2D eigenvalue weighted by atomic mass is 10.0. The molecule has 0 aliphatic carbocycles. The average Bonchev–Trinajstić information content (AvgIpc) is 2.37. The van der Waals surface area contributed by atoms with Gasteiger partial charge in [-0.3, -0.25) is 14.9 Å². The minimum Gasteiger partial charge on any atom is -0.353 e. The highest BCUT2D eigenvalue weighted by molar-refractivity contribution is 6.28. The Bertz CT molecular complexity index is 572. The van der Waals surface area contributed by atoms with Crippen LogP contribution in [0.4, 0.5) is 11.5 Å². The number of nitrogens with zero attached hydrogens (tertiary/aromatic N) is 4. The minimum absolute atomic E-state index is 0.00270. The Kier molecular flexibility index (Phi) is 4.56. The van der Waals surface area contributed by atoms with Crippen LogP contribution in [-0.2, 0) is 4.79 Å². The van der Waals surface area contributed by atoms with Crippen LogP contribution < -0.4 is 10.2 Å². The molecule has 0 unspecified atom stereocenters. The van der Waals surface area contributed by atoms with E-state index >= 15 is 0 Å². The maximum absolute atomic E-state index is 11.2. The predicted molar refractivity (Wildman–Crippen MR) is 77.5 cm³/mol. The number of anilines is 1. The van der Waals surface area contributed by atoms with Gasteiger partial charge in [-0.05, 0) is 31.4 Å². The van der Waals surface area contributed by atoms with Crippen molar-refractivity contribution in [3.8, 4) is 0 Å². The van der Waals surface area contributed by atoms with Gasteiger partial charge in [0.2, 0.25) is 17.0 Å². The lowest BCUT2D eigenvalue weighted by molar-refractivity contribution is -0.385. The van der Waals surface area contributed by atoms with E-state index in [0.29, 0.717) is 25.9 Å². The van der Waals surface area contributed by atoms with Gasteiger partial charge in [-0.25, -0.2) is 4.98 Å². The Morgan fingerprint density at radius 2 is 2.05 bits per heavy atom. The molecule has 1 aliphatic rings. The maximum Gasteiger partial charge on any atom is 0.332 e. The van der Waals surface area contributed by atoms with E-state index in [4.69, 9.17) is 11.6 Å². The largest absolute Gasteiger partial charge is 0.353 e. The van der Waals surface area contributed by atoms with Gasteiger partial charge in [0.15, 0.2) is 0 Å². The molecule has 2 heterocycles. The third-order valence-corrected chi connectivity index (χ3v) is 3.57. The summed E-state index contributed by atoms with van der Waals surface area (Å²) in [7, 11) is 0. The smallest absolute Gasteiger partial charge is 0.332 e. The van der Waals surface area contributed by atoms with Crippen LogP contribution in [-0.4, -0.2) is 39.9 Å². The number of nitrogens with one attached hydrogen (secondary N) is 1. The van der Waals surface area contributed by atoms with Crippen LogP contribution in [0.15, 0.2) is 0 Å². The molecule has 2 rings (SSSR count). The molecule has 1 N–H and O–H groups in total. The van der Waals surface area contributed by atoms with Crippen molar-refractivity contribution in [2.75, 3.05) is 18.0 Å². The van der Waals surface area contributed by atoms with Gasteiger partial charge in [0.05, 0.1) is 4.92 Å². The van der Waals surface area contributed by atoms with Crippen molar-refractivity contribution < 1.29 is 9.72 Å². The molecule has 1 amide bonds. The summed E-state index contributed by atoms with van der Waals surface area (Å²) in [6.07, 6.45) is 1.41. The van der Waals surface area contributed by atoms with Crippen LogP contribution in [0, 0.1) is 17.0 Å². The van der Waals surface area contributed by atoms with Crippen molar-refractivity contribution in [1.29, 1.82) is 0 Å². The van der Waals surface area contributed by atoms with E-state index < -0.39 is 4.92 Å². The first-order chi connectivity index (χ1) is 9.88. The molecule has 1 fully saturated rings. The molecule has 0 bridgehead atoms. The molecular formula is C12H16ClN5O3. The van der Waals surface area contributed by atoms with E-state index in [-0.39, 0.29) is 34.4 Å². The second-order valence-corrected chi connectivity index (χ2v) is 5.31. The predicted octanol–water partition coefficient (Wildman–Crippen LogP) is 1.45. The van der Waals surface area contributed by atoms with Crippen LogP contribution in [0.5, 0.6) is 0 Å². The number of amides is 1. The lowest BCUT2D eigenvalue weighted by Crippen LogP contribution is -2.44. The molecule has 1 aromatic heterocycles. The summed E-state index contributed by atoms with van der Waals surface area (Å²) in [5, 5.41) is 14.1. The second kappa shape index (κ2) is 6.21. The number of hydrogen-bond acceptors (Lipinski definition) is 6. The number of rotatable bonds is 3. The SMILES string of the molecule is CC(=O)NC1CCN(c2nc(Cl)nc(C)c2[N+](=O)[O-])CC1. The van der Waals surface area contributed by atoms with Gasteiger partial charge < -0.3 is 10.2 Å². The first-order valence-electron chi connectivity index (χ1n) is 6.59. The summed E-state index contributed by atoms with van der Waals surface area (Å²) in [6.45, 7) is 4.15. The Balaban J connectivity index is 2.20. The topological polar surface area (TPSA) is 101 Å². The summed E-state index contributed by atoms with van der Waals surface area (Å²) in [5.74, 6) is 0.180. The van der Waals surface area contributed by atoms with Crippen LogP contribution in [0.3, 0.4) is 0 Å². The average molecular weight is 314 g/mol. The summed E-state index contributed by atoms with van der Waals surface area (Å²) >= 11 is 5.82. The molecule has 9 heteroatoms. The van der Waals surface area contributed by atoms with Crippen LogP contribution >= 0.6 is 11.6 Å². The number of piperidine rings is 1. The van der Waals surface area contributed by atoms with Gasteiger partial charge in [0, 0.05) is 26.1 Å². The van der Waals surface area contributed by atoms with Crippen molar-refractivity contribution in [2.45, 2.75) is 32.7 Å². The molecule has 0 saturated carbocycles. The molecule has 0 radical (unpaired) electrons. The van der Waals surface area contributed by atoms with Crippen molar-refractivity contribution in [1.82, 2.24) is 15.3 Å². The van der Waals surface area contributed by atoms with Crippen molar-refractivity contribution >= 4 is 29.0 Å². The molecule has 114 valence electrons. The van der Waals surface area contributed by atoms with Crippen LogP contribution in [0.2, 0.25) is 5.28 Å². The number of aryl methyl sites for hydroxylation is 1. The van der Waals surface area contributed by atoms with Crippen molar-refractivity contribution in [3.05, 3.63) is 21.1 Å². The number of aromatic nitrogens is 2. The Labute approximate surface area is 126 Å². The fraction of sp³-hybridized carbons (Fsp3) is 0.583. The van der Waals surface area contributed by atoms with E-state index in [0.717, 1.165) is 0 Å². The van der Waals surface area contributed by atoms with E-state index in [2.05, 4.69) is 15.3 Å². The molecule has 21 heavy (non-hydrogen) atoms. The van der Waals surface area contributed by atoms with E-state index in [1.807, 2.05) is 4.90 Å². The second-order valence-electron chi connectivity index (χ2n) is 4.97. The summed E-state index contributed by atoms with van der Waals surface area (Å²) in [4.78, 5) is 31.4. The van der Waals surface area contributed by atoms with Gasteiger partial charge in [0.25, 0.3) is 0 Å². The number of halogens is 1. The highest BCUT2D eigenvalue weighted by Crippen LogP contribution is 2.31. The van der Waals surface area contributed by atoms with Gasteiger partial charge in [-0.1, -0.05) is 0 Å². The lowest BCUT2D eigenvalue weighted by Gasteiger charge is -2.32. The van der Waals surface area contributed by atoms with Gasteiger partial charge >= 0.3 is 5.69 Å². The summed E-state index contributed by atoms with van der Waals surface area (Å²) in [6, 6.07) is 0.0937.